The van der Waals surface area contributed by atoms with Gasteiger partial charge in [0.2, 0.25) is 16.9 Å². The summed E-state index contributed by atoms with van der Waals surface area (Å²) in [6.45, 7) is 0. The summed E-state index contributed by atoms with van der Waals surface area (Å²) in [6.07, 6.45) is 0.785. The molecule has 1 heterocycles. The van der Waals surface area contributed by atoms with E-state index in [9.17, 15) is 14.5 Å². The van der Waals surface area contributed by atoms with Gasteiger partial charge < -0.3 is 4.74 Å². The van der Waals surface area contributed by atoms with Crippen molar-refractivity contribution in [1.29, 1.82) is 0 Å². The Bertz CT molecular complexity index is 654. The lowest BCUT2D eigenvalue weighted by atomic mass is 10.3. The van der Waals surface area contributed by atoms with Crippen molar-refractivity contribution in [1.82, 2.24) is 9.97 Å². The zero-order chi connectivity index (χ0) is 14.0. The van der Waals surface area contributed by atoms with Crippen molar-refractivity contribution in [2.45, 2.75) is 0 Å². The van der Waals surface area contributed by atoms with Crippen molar-refractivity contribution in [3.63, 3.8) is 0 Å². The van der Waals surface area contributed by atoms with E-state index in [2.05, 4.69) is 9.97 Å². The van der Waals surface area contributed by atoms with E-state index < -0.39 is 22.3 Å². The first-order valence-electron chi connectivity index (χ1n) is 4.78. The summed E-state index contributed by atoms with van der Waals surface area (Å²) in [7, 11) is 0. The Kier molecular flexibility index (Phi) is 3.77. The first-order chi connectivity index (χ1) is 8.99. The Morgan fingerprint density at radius 3 is 2.79 bits per heavy atom. The molecule has 0 aliphatic heterocycles. The zero-order valence-corrected chi connectivity index (χ0v) is 10.5. The molecule has 0 unspecified atom stereocenters. The van der Waals surface area contributed by atoms with Gasteiger partial charge >= 0.3 is 5.69 Å². The fourth-order valence-electron chi connectivity index (χ4n) is 1.24. The van der Waals surface area contributed by atoms with Gasteiger partial charge in [0.25, 0.3) is 5.88 Å². The average molecular weight is 304 g/mol. The third-order valence-corrected chi connectivity index (χ3v) is 2.50. The summed E-state index contributed by atoms with van der Waals surface area (Å²) < 4.78 is 18.4. The van der Waals surface area contributed by atoms with Crippen LogP contribution in [0.5, 0.6) is 11.6 Å². The highest BCUT2D eigenvalue weighted by atomic mass is 35.5. The van der Waals surface area contributed by atoms with Gasteiger partial charge in [-0.1, -0.05) is 17.7 Å². The van der Waals surface area contributed by atoms with Gasteiger partial charge in [-0.2, -0.15) is 9.37 Å². The van der Waals surface area contributed by atoms with Crippen LogP contribution in [0.4, 0.5) is 10.1 Å². The standard InChI is InChI=1S/C10H4Cl2FN3O3/c11-5-2-1-3-7(16(17)18)8(5)19-9-6(13)4-14-10(12)15-9/h1-4H. The van der Waals surface area contributed by atoms with E-state index in [0.717, 1.165) is 6.20 Å². The predicted molar refractivity (Wildman–Crippen MR) is 65.2 cm³/mol. The number of hydrogen-bond acceptors (Lipinski definition) is 5. The highest BCUT2D eigenvalue weighted by Crippen LogP contribution is 2.37. The van der Waals surface area contributed by atoms with Crippen LogP contribution in [0.15, 0.2) is 24.4 Å². The molecule has 2 rings (SSSR count). The molecule has 0 saturated heterocycles. The second kappa shape index (κ2) is 5.33. The minimum Gasteiger partial charge on any atom is -0.427 e. The second-order valence-electron chi connectivity index (χ2n) is 3.24. The summed E-state index contributed by atoms with van der Waals surface area (Å²) in [6, 6.07) is 3.91. The van der Waals surface area contributed by atoms with E-state index in [-0.39, 0.29) is 16.1 Å². The first-order valence-corrected chi connectivity index (χ1v) is 5.53. The van der Waals surface area contributed by atoms with Crippen molar-refractivity contribution < 1.29 is 14.1 Å². The van der Waals surface area contributed by atoms with Crippen LogP contribution in [-0.2, 0) is 0 Å². The number of aromatic nitrogens is 2. The van der Waals surface area contributed by atoms with Crippen LogP contribution in [-0.4, -0.2) is 14.9 Å². The number of nitro benzene ring substituents is 1. The SMILES string of the molecule is O=[N+]([O-])c1cccc(Cl)c1Oc1nc(Cl)ncc1F. The Morgan fingerprint density at radius 1 is 1.37 bits per heavy atom. The maximum atomic E-state index is 13.4. The van der Waals surface area contributed by atoms with Gasteiger partial charge in [-0.25, -0.2) is 4.98 Å². The number of benzene rings is 1. The maximum Gasteiger partial charge on any atom is 0.313 e. The summed E-state index contributed by atoms with van der Waals surface area (Å²) in [5.74, 6) is -1.78. The van der Waals surface area contributed by atoms with E-state index >= 15 is 0 Å². The molecule has 0 atom stereocenters. The fourth-order valence-corrected chi connectivity index (χ4v) is 1.58. The smallest absolute Gasteiger partial charge is 0.313 e. The highest BCUT2D eigenvalue weighted by Gasteiger charge is 2.21. The molecule has 1 aromatic carbocycles. The number of halogens is 3. The molecule has 0 aliphatic rings. The van der Waals surface area contributed by atoms with E-state index in [0.29, 0.717) is 0 Å². The second-order valence-corrected chi connectivity index (χ2v) is 3.98. The molecule has 0 saturated carbocycles. The molecule has 0 radical (unpaired) electrons. The van der Waals surface area contributed by atoms with Crippen molar-refractivity contribution in [3.05, 3.63) is 50.6 Å². The Labute approximate surface area is 115 Å². The van der Waals surface area contributed by atoms with E-state index in [1.54, 1.807) is 0 Å². The molecule has 9 heteroatoms. The van der Waals surface area contributed by atoms with Crippen LogP contribution < -0.4 is 4.74 Å². The maximum absolute atomic E-state index is 13.4. The molecule has 1 aromatic heterocycles. The minimum absolute atomic E-state index is 0.0525. The Morgan fingerprint density at radius 2 is 2.11 bits per heavy atom. The van der Waals surface area contributed by atoms with Gasteiger partial charge in [-0.05, 0) is 17.7 Å². The van der Waals surface area contributed by atoms with E-state index in [1.807, 2.05) is 0 Å². The molecule has 0 bridgehead atoms. The quantitative estimate of drug-likeness (QED) is 0.491. The van der Waals surface area contributed by atoms with Gasteiger partial charge in [0.15, 0.2) is 0 Å². The molecular weight excluding hydrogens is 300 g/mol. The molecular formula is C10H4Cl2FN3O3. The molecule has 0 N–H and O–H groups in total. The summed E-state index contributed by atoms with van der Waals surface area (Å²) >= 11 is 11.3. The summed E-state index contributed by atoms with van der Waals surface area (Å²) in [5, 5.41) is 10.5. The monoisotopic (exact) mass is 303 g/mol. The van der Waals surface area contributed by atoms with Gasteiger partial charge in [0.05, 0.1) is 16.1 Å². The Hall–Kier alpha value is -1.99. The molecule has 6 nitrogen and oxygen atoms in total. The minimum atomic E-state index is -0.918. The molecule has 0 aliphatic carbocycles. The van der Waals surface area contributed by atoms with Crippen LogP contribution in [0.1, 0.15) is 0 Å². The first kappa shape index (κ1) is 13.4. The van der Waals surface area contributed by atoms with E-state index in [1.165, 1.54) is 18.2 Å². The van der Waals surface area contributed by atoms with Crippen LogP contribution in [0.2, 0.25) is 10.3 Å². The van der Waals surface area contributed by atoms with Crippen LogP contribution in [0, 0.1) is 15.9 Å². The Balaban J connectivity index is 2.49. The molecule has 98 valence electrons. The lowest BCUT2D eigenvalue weighted by molar-refractivity contribution is -0.385. The summed E-state index contributed by atoms with van der Waals surface area (Å²) in [4.78, 5) is 17.0. The average Bonchev–Trinajstić information content (AvgIpc) is 2.35. The molecule has 19 heavy (non-hydrogen) atoms. The lowest BCUT2D eigenvalue weighted by Gasteiger charge is -2.07. The number of ether oxygens (including phenoxy) is 1. The van der Waals surface area contributed by atoms with Crippen molar-refractivity contribution >= 4 is 28.9 Å². The molecule has 0 fully saturated rings. The third kappa shape index (κ3) is 2.88. The van der Waals surface area contributed by atoms with Gasteiger partial charge in [-0.3, -0.25) is 10.1 Å². The predicted octanol–water partition coefficient (Wildman–Crippen LogP) is 3.62. The van der Waals surface area contributed by atoms with Gasteiger partial charge in [0, 0.05) is 6.07 Å². The fraction of sp³-hybridized carbons (Fsp3) is 0. The topological polar surface area (TPSA) is 78.2 Å². The lowest BCUT2D eigenvalue weighted by Crippen LogP contribution is -1.98. The normalized spacial score (nSPS) is 10.3. The van der Waals surface area contributed by atoms with Crippen LogP contribution >= 0.6 is 23.2 Å². The molecule has 0 spiro atoms. The van der Waals surface area contributed by atoms with Crippen LogP contribution in [0.25, 0.3) is 0 Å². The molecule has 0 amide bonds. The molecule has 2 aromatic rings. The van der Waals surface area contributed by atoms with Crippen molar-refractivity contribution in [3.8, 4) is 11.6 Å². The van der Waals surface area contributed by atoms with Crippen LogP contribution in [0.3, 0.4) is 0 Å². The third-order valence-electron chi connectivity index (χ3n) is 2.02. The number of nitro groups is 1. The highest BCUT2D eigenvalue weighted by molar-refractivity contribution is 6.32. The van der Waals surface area contributed by atoms with Gasteiger partial charge in [-0.15, -0.1) is 0 Å². The van der Waals surface area contributed by atoms with E-state index in [4.69, 9.17) is 27.9 Å². The van der Waals surface area contributed by atoms with Crippen molar-refractivity contribution in [2.24, 2.45) is 0 Å². The summed E-state index contributed by atoms with van der Waals surface area (Å²) in [5.41, 5.74) is -0.415. The number of rotatable bonds is 3. The number of hydrogen-bond donors (Lipinski definition) is 0. The van der Waals surface area contributed by atoms with Gasteiger partial charge in [0.1, 0.15) is 0 Å². The van der Waals surface area contributed by atoms with Crippen molar-refractivity contribution in [2.75, 3.05) is 0 Å². The number of nitrogens with zero attached hydrogens (tertiary/aromatic N) is 3. The largest absolute Gasteiger partial charge is 0.427 e. The zero-order valence-electron chi connectivity index (χ0n) is 9.01. The number of para-hydroxylation sites is 1.